The molecule has 2 rings (SSSR count). The smallest absolute Gasteiger partial charge is 0.327 e. The van der Waals surface area contributed by atoms with Crippen LogP contribution in [0.3, 0.4) is 0 Å². The topological polar surface area (TPSA) is 55.2 Å². The average Bonchev–Trinajstić information content (AvgIpc) is 2.84. The Morgan fingerprint density at radius 3 is 2.60 bits per heavy atom. The third-order valence-corrected chi connectivity index (χ3v) is 5.18. The number of nitro groups is 1. The Balaban J connectivity index is 2.22. The Hall–Kier alpha value is -1.37. The van der Waals surface area contributed by atoms with Gasteiger partial charge in [-0.3, -0.25) is 10.1 Å². The third kappa shape index (κ3) is 3.03. The summed E-state index contributed by atoms with van der Waals surface area (Å²) in [5.41, 5.74) is -0.784. The van der Waals surface area contributed by atoms with Crippen LogP contribution in [0.15, 0.2) is 12.1 Å². The maximum absolute atomic E-state index is 13.5. The molecule has 0 spiro atoms. The van der Waals surface area contributed by atoms with Gasteiger partial charge in [-0.15, -0.1) is 0 Å². The van der Waals surface area contributed by atoms with Gasteiger partial charge in [0.2, 0.25) is 5.82 Å². The van der Waals surface area contributed by atoms with Gasteiger partial charge in [0.1, 0.15) is 11.5 Å². The molecule has 1 saturated carbocycles. The van der Waals surface area contributed by atoms with E-state index < -0.39 is 22.2 Å². The van der Waals surface area contributed by atoms with Crippen molar-refractivity contribution < 1.29 is 13.7 Å². The van der Waals surface area contributed by atoms with E-state index in [9.17, 15) is 18.9 Å². The highest BCUT2D eigenvalue weighted by Gasteiger charge is 2.33. The highest BCUT2D eigenvalue weighted by molar-refractivity contribution is 8.00. The van der Waals surface area contributed by atoms with Crippen molar-refractivity contribution in [2.45, 2.75) is 30.4 Å². The summed E-state index contributed by atoms with van der Waals surface area (Å²) in [6.07, 6.45) is 6.23. The van der Waals surface area contributed by atoms with E-state index in [1.165, 1.54) is 0 Å². The number of anilines is 1. The van der Waals surface area contributed by atoms with Crippen LogP contribution in [-0.2, 0) is 0 Å². The number of nitro benzene ring substituents is 1. The summed E-state index contributed by atoms with van der Waals surface area (Å²) in [5, 5.41) is 13.8. The predicted molar refractivity (Wildman–Crippen MR) is 76.2 cm³/mol. The van der Waals surface area contributed by atoms with Crippen LogP contribution in [-0.4, -0.2) is 22.5 Å². The van der Waals surface area contributed by atoms with Crippen LogP contribution in [0.4, 0.5) is 20.2 Å². The Bertz CT molecular complexity index is 519. The Morgan fingerprint density at radius 2 is 2.05 bits per heavy atom. The van der Waals surface area contributed by atoms with Crippen molar-refractivity contribution in [3.8, 4) is 0 Å². The molecule has 0 aromatic heterocycles. The van der Waals surface area contributed by atoms with Crippen LogP contribution in [0.25, 0.3) is 0 Å². The maximum atomic E-state index is 13.5. The molecule has 0 saturated heterocycles. The monoisotopic (exact) mass is 302 g/mol. The van der Waals surface area contributed by atoms with Crippen molar-refractivity contribution in [3.05, 3.63) is 33.9 Å². The van der Waals surface area contributed by atoms with Gasteiger partial charge >= 0.3 is 5.69 Å². The fraction of sp³-hybridized carbons (Fsp3) is 0.538. The quantitative estimate of drug-likeness (QED) is 0.660. The van der Waals surface area contributed by atoms with Crippen molar-refractivity contribution in [1.29, 1.82) is 0 Å². The molecule has 110 valence electrons. The number of halogens is 2. The summed E-state index contributed by atoms with van der Waals surface area (Å²) in [6, 6.07) is 1.51. The van der Waals surface area contributed by atoms with E-state index in [0.717, 1.165) is 31.7 Å². The molecule has 20 heavy (non-hydrogen) atoms. The minimum atomic E-state index is -1.15. The number of thioether (sulfide) groups is 1. The van der Waals surface area contributed by atoms with Crippen LogP contribution in [0.1, 0.15) is 25.7 Å². The second kappa shape index (κ2) is 5.95. The van der Waals surface area contributed by atoms with Gasteiger partial charge in [-0.05, 0) is 19.1 Å². The lowest BCUT2D eigenvalue weighted by Gasteiger charge is -2.27. The summed E-state index contributed by atoms with van der Waals surface area (Å²) in [6.45, 7) is 0.470. The van der Waals surface area contributed by atoms with Crippen molar-refractivity contribution >= 4 is 23.1 Å². The molecule has 4 nitrogen and oxygen atoms in total. The Labute approximate surface area is 120 Å². The second-order valence-corrected chi connectivity index (χ2v) is 6.26. The minimum Gasteiger partial charge on any atom is -0.378 e. The van der Waals surface area contributed by atoms with Gasteiger partial charge in [0, 0.05) is 23.4 Å². The zero-order valence-corrected chi connectivity index (χ0v) is 11.9. The second-order valence-electron chi connectivity index (χ2n) is 4.99. The van der Waals surface area contributed by atoms with Gasteiger partial charge in [-0.1, -0.05) is 12.8 Å². The molecular weight excluding hydrogens is 286 g/mol. The van der Waals surface area contributed by atoms with Gasteiger partial charge in [-0.25, -0.2) is 4.39 Å². The summed E-state index contributed by atoms with van der Waals surface area (Å²) in [7, 11) is 0. The summed E-state index contributed by atoms with van der Waals surface area (Å²) in [4.78, 5) is 10.1. The van der Waals surface area contributed by atoms with Crippen LogP contribution in [0.5, 0.6) is 0 Å². The molecule has 0 aliphatic heterocycles. The lowest BCUT2D eigenvalue weighted by Crippen LogP contribution is -2.30. The van der Waals surface area contributed by atoms with Gasteiger partial charge < -0.3 is 5.32 Å². The van der Waals surface area contributed by atoms with Crippen LogP contribution in [0, 0.1) is 21.7 Å². The molecular formula is C13H16F2N2O2S. The average molecular weight is 302 g/mol. The fourth-order valence-electron chi connectivity index (χ4n) is 2.62. The number of nitrogens with one attached hydrogen (secondary N) is 1. The molecule has 0 radical (unpaired) electrons. The summed E-state index contributed by atoms with van der Waals surface area (Å²) < 4.78 is 26.8. The largest absolute Gasteiger partial charge is 0.378 e. The van der Waals surface area contributed by atoms with Crippen molar-refractivity contribution in [2.75, 3.05) is 18.1 Å². The number of benzene rings is 1. The van der Waals surface area contributed by atoms with E-state index in [0.29, 0.717) is 12.6 Å². The molecule has 1 aromatic rings. The number of hydrogen-bond acceptors (Lipinski definition) is 4. The molecule has 0 amide bonds. The van der Waals surface area contributed by atoms with E-state index in [1.54, 1.807) is 11.8 Å². The first-order chi connectivity index (χ1) is 9.47. The van der Waals surface area contributed by atoms with Gasteiger partial charge in [-0.2, -0.15) is 16.2 Å². The first kappa shape index (κ1) is 15.0. The van der Waals surface area contributed by atoms with E-state index in [2.05, 4.69) is 5.32 Å². The SMILES string of the molecule is CSC1(CNc2cc(F)cc(F)c2[N+](=O)[O-])CCCC1. The molecule has 0 unspecified atom stereocenters. The lowest BCUT2D eigenvalue weighted by molar-refractivity contribution is -0.386. The number of rotatable bonds is 5. The van der Waals surface area contributed by atoms with Gasteiger partial charge in [0.25, 0.3) is 0 Å². The van der Waals surface area contributed by atoms with E-state index in [1.807, 2.05) is 6.26 Å². The third-order valence-electron chi connectivity index (χ3n) is 3.76. The molecule has 1 aliphatic carbocycles. The summed E-state index contributed by atoms with van der Waals surface area (Å²) in [5.74, 6) is -1.97. The van der Waals surface area contributed by atoms with Crippen LogP contribution in [0.2, 0.25) is 0 Å². The molecule has 1 N–H and O–H groups in total. The molecule has 0 atom stereocenters. The van der Waals surface area contributed by atoms with Crippen molar-refractivity contribution in [2.24, 2.45) is 0 Å². The van der Waals surface area contributed by atoms with Crippen LogP contribution < -0.4 is 5.32 Å². The van der Waals surface area contributed by atoms with E-state index in [4.69, 9.17) is 0 Å². The maximum Gasteiger partial charge on any atom is 0.327 e. The highest BCUT2D eigenvalue weighted by atomic mass is 32.2. The number of hydrogen-bond donors (Lipinski definition) is 1. The molecule has 0 bridgehead atoms. The van der Waals surface area contributed by atoms with E-state index in [-0.39, 0.29) is 10.4 Å². The molecule has 0 heterocycles. The van der Waals surface area contributed by atoms with Gasteiger partial charge in [0.05, 0.1) is 4.92 Å². The lowest BCUT2D eigenvalue weighted by atomic mass is 10.1. The Kier molecular flexibility index (Phi) is 4.47. The normalized spacial score (nSPS) is 17.1. The Morgan fingerprint density at radius 1 is 1.40 bits per heavy atom. The minimum absolute atomic E-state index is 0.00331. The highest BCUT2D eigenvalue weighted by Crippen LogP contribution is 2.41. The number of nitrogens with zero attached hydrogens (tertiary/aromatic N) is 1. The van der Waals surface area contributed by atoms with E-state index >= 15 is 0 Å². The summed E-state index contributed by atoms with van der Waals surface area (Å²) >= 11 is 1.70. The fourth-order valence-corrected chi connectivity index (χ4v) is 3.53. The van der Waals surface area contributed by atoms with Crippen molar-refractivity contribution in [1.82, 2.24) is 0 Å². The first-order valence-electron chi connectivity index (χ1n) is 6.40. The van der Waals surface area contributed by atoms with Gasteiger partial charge in [0.15, 0.2) is 0 Å². The molecule has 1 aliphatic rings. The molecule has 1 aromatic carbocycles. The first-order valence-corrected chi connectivity index (χ1v) is 7.62. The predicted octanol–water partition coefficient (Wildman–Crippen LogP) is 3.96. The standard InChI is InChI=1S/C13H16F2N2O2S/c1-20-13(4-2-3-5-13)8-16-11-7-9(14)6-10(15)12(11)17(18)19/h6-7,16H,2-5,8H2,1H3. The zero-order chi connectivity index (χ0) is 14.8. The molecule has 1 fully saturated rings. The molecule has 7 heteroatoms. The van der Waals surface area contributed by atoms with Crippen LogP contribution >= 0.6 is 11.8 Å². The zero-order valence-electron chi connectivity index (χ0n) is 11.1. The van der Waals surface area contributed by atoms with Crippen molar-refractivity contribution in [3.63, 3.8) is 0 Å².